The lowest BCUT2D eigenvalue weighted by molar-refractivity contribution is -0.126. The number of fused-ring (bicyclic) bond motifs is 2. The van der Waals surface area contributed by atoms with E-state index in [1.165, 1.54) is 11.0 Å². The van der Waals surface area contributed by atoms with Crippen LogP contribution in [0.2, 0.25) is 0 Å². The number of amides is 3. The van der Waals surface area contributed by atoms with Gasteiger partial charge in [0.25, 0.3) is 5.91 Å². The molecule has 2 aromatic rings. The molecule has 1 aromatic heterocycles. The third-order valence-corrected chi connectivity index (χ3v) is 5.11. The first-order valence-corrected chi connectivity index (χ1v) is 7.66. The molecular formula is C17H15N3O4. The van der Waals surface area contributed by atoms with Crippen molar-refractivity contribution >= 4 is 28.8 Å². The lowest BCUT2D eigenvalue weighted by Gasteiger charge is -2.37. The molecule has 1 saturated heterocycles. The fraction of sp³-hybridized carbons (Fsp3) is 0.294. The number of benzene rings is 1. The molecule has 0 radical (unpaired) electrons. The van der Waals surface area contributed by atoms with Gasteiger partial charge in [-0.3, -0.25) is 10.1 Å². The molecule has 3 amide bonds. The molecule has 7 heteroatoms. The molecule has 0 bridgehead atoms. The number of nitrogens with zero attached hydrogens (tertiary/aromatic N) is 2. The number of aromatic carboxylic acids is 1. The van der Waals surface area contributed by atoms with E-state index in [-0.39, 0.29) is 17.6 Å². The molecule has 1 aliphatic carbocycles. The Kier molecular flexibility index (Phi) is 2.90. The largest absolute Gasteiger partial charge is 0.477 e. The summed E-state index contributed by atoms with van der Waals surface area (Å²) in [5, 5.41) is 12.3. The van der Waals surface area contributed by atoms with Gasteiger partial charge in [0.15, 0.2) is 0 Å². The number of aryl methyl sites for hydroxylation is 1. The van der Waals surface area contributed by atoms with Crippen LogP contribution in [0.1, 0.15) is 28.0 Å². The van der Waals surface area contributed by atoms with Gasteiger partial charge in [0.2, 0.25) is 0 Å². The Balaban J connectivity index is 1.79. The van der Waals surface area contributed by atoms with E-state index in [1.54, 1.807) is 13.1 Å². The Morgan fingerprint density at radius 2 is 2.08 bits per heavy atom. The number of carbonyl (C=O) groups excluding carboxylic acids is 2. The zero-order valence-electron chi connectivity index (χ0n) is 13.0. The van der Waals surface area contributed by atoms with E-state index in [0.29, 0.717) is 24.8 Å². The quantitative estimate of drug-likeness (QED) is 0.771. The lowest BCUT2D eigenvalue weighted by atomic mass is 9.76. The number of carboxylic acids is 1. The number of hydrogen-bond donors (Lipinski definition) is 2. The number of likely N-dealkylation sites (N-methyl/N-ethyl adjacent to an activating group) is 1. The average molecular weight is 325 g/mol. The van der Waals surface area contributed by atoms with E-state index in [2.05, 4.69) is 10.3 Å². The highest BCUT2D eigenvalue weighted by atomic mass is 16.4. The van der Waals surface area contributed by atoms with Crippen molar-refractivity contribution in [3.05, 3.63) is 41.1 Å². The van der Waals surface area contributed by atoms with Gasteiger partial charge >= 0.3 is 12.0 Å². The van der Waals surface area contributed by atoms with E-state index >= 15 is 0 Å². The number of rotatable bonds is 1. The van der Waals surface area contributed by atoms with Gasteiger partial charge in [-0.05, 0) is 42.2 Å². The molecular weight excluding hydrogens is 310 g/mol. The van der Waals surface area contributed by atoms with Crippen LogP contribution in [0.15, 0.2) is 24.3 Å². The van der Waals surface area contributed by atoms with Crippen LogP contribution in [0.5, 0.6) is 0 Å². The number of pyridine rings is 1. The number of urea groups is 1. The van der Waals surface area contributed by atoms with Crippen molar-refractivity contribution in [2.45, 2.75) is 24.8 Å². The Bertz CT molecular complexity index is 923. The summed E-state index contributed by atoms with van der Waals surface area (Å²) in [5.74, 6) is -1.31. The molecule has 2 N–H and O–H groups in total. The van der Waals surface area contributed by atoms with Gasteiger partial charge in [0.05, 0.1) is 5.52 Å². The molecule has 0 saturated carbocycles. The van der Waals surface area contributed by atoms with Crippen LogP contribution in [0.3, 0.4) is 0 Å². The van der Waals surface area contributed by atoms with Crippen molar-refractivity contribution in [1.29, 1.82) is 0 Å². The summed E-state index contributed by atoms with van der Waals surface area (Å²) in [7, 11) is 1.65. The standard InChI is InChI=1S/C17H15N3O4/c1-20-16(24)19-15(23)17(20)5-4-9-7-13-10(6-11(9)8-17)2-3-12(18-13)14(21)22/h2-3,6-7H,4-5,8H2,1H3,(H,21,22)(H,19,23,24). The lowest BCUT2D eigenvalue weighted by Crippen LogP contribution is -2.51. The van der Waals surface area contributed by atoms with E-state index in [1.807, 2.05) is 12.1 Å². The first kappa shape index (κ1) is 14.6. The molecule has 2 heterocycles. The van der Waals surface area contributed by atoms with Crippen molar-refractivity contribution < 1.29 is 19.5 Å². The predicted octanol–water partition coefficient (Wildman–Crippen LogP) is 1.34. The summed E-state index contributed by atoms with van der Waals surface area (Å²) in [5.41, 5.74) is 1.85. The molecule has 1 aromatic carbocycles. The molecule has 1 aliphatic heterocycles. The highest BCUT2D eigenvalue weighted by Crippen LogP contribution is 2.37. The SMILES string of the molecule is CN1C(=O)NC(=O)C12CCc1cc3nc(C(=O)O)ccc3cc1C2. The minimum absolute atomic E-state index is 0.00947. The van der Waals surface area contributed by atoms with Crippen LogP contribution in [-0.4, -0.2) is 45.5 Å². The van der Waals surface area contributed by atoms with Crippen molar-refractivity contribution in [2.24, 2.45) is 0 Å². The third kappa shape index (κ3) is 1.90. The number of aromatic nitrogens is 1. The van der Waals surface area contributed by atoms with Crippen molar-refractivity contribution in [3.8, 4) is 0 Å². The highest BCUT2D eigenvalue weighted by Gasteiger charge is 2.52. The van der Waals surface area contributed by atoms with E-state index in [4.69, 9.17) is 5.11 Å². The maximum Gasteiger partial charge on any atom is 0.354 e. The third-order valence-electron chi connectivity index (χ3n) is 5.11. The number of hydrogen-bond acceptors (Lipinski definition) is 4. The van der Waals surface area contributed by atoms with Gasteiger partial charge in [-0.2, -0.15) is 0 Å². The first-order valence-electron chi connectivity index (χ1n) is 7.66. The average Bonchev–Trinajstić information content (AvgIpc) is 2.76. The second kappa shape index (κ2) is 4.77. The molecule has 1 fully saturated rings. The number of imide groups is 1. The predicted molar refractivity (Wildman–Crippen MR) is 84.8 cm³/mol. The summed E-state index contributed by atoms with van der Waals surface area (Å²) in [6.07, 6.45) is 1.63. The van der Waals surface area contributed by atoms with E-state index in [0.717, 1.165) is 16.5 Å². The minimum atomic E-state index is -1.06. The van der Waals surface area contributed by atoms with Gasteiger partial charge in [0, 0.05) is 18.9 Å². The summed E-state index contributed by atoms with van der Waals surface area (Å²) in [6.45, 7) is 0. The van der Waals surface area contributed by atoms with Gasteiger partial charge < -0.3 is 10.0 Å². The van der Waals surface area contributed by atoms with E-state index in [9.17, 15) is 14.4 Å². The summed E-state index contributed by atoms with van der Waals surface area (Å²) < 4.78 is 0. The molecule has 2 aliphatic rings. The molecule has 1 atom stereocenters. The fourth-order valence-corrected chi connectivity index (χ4v) is 3.65. The molecule has 7 nitrogen and oxygen atoms in total. The topological polar surface area (TPSA) is 99.6 Å². The van der Waals surface area contributed by atoms with Crippen molar-refractivity contribution in [3.63, 3.8) is 0 Å². The van der Waals surface area contributed by atoms with Gasteiger partial charge in [-0.25, -0.2) is 14.6 Å². The maximum atomic E-state index is 12.3. The van der Waals surface area contributed by atoms with Crippen LogP contribution < -0.4 is 5.32 Å². The van der Waals surface area contributed by atoms with Gasteiger partial charge in [-0.1, -0.05) is 6.07 Å². The summed E-state index contributed by atoms with van der Waals surface area (Å²) in [6, 6.07) is 6.65. The van der Waals surface area contributed by atoms with Crippen LogP contribution in [0.4, 0.5) is 4.79 Å². The van der Waals surface area contributed by atoms with Crippen LogP contribution >= 0.6 is 0 Å². The first-order chi connectivity index (χ1) is 11.4. The van der Waals surface area contributed by atoms with Crippen LogP contribution in [0, 0.1) is 0 Å². The Hall–Kier alpha value is -2.96. The molecule has 122 valence electrons. The monoisotopic (exact) mass is 325 g/mol. The highest BCUT2D eigenvalue weighted by molar-refractivity contribution is 6.07. The normalized spacial score (nSPS) is 22.8. The second-order valence-corrected chi connectivity index (χ2v) is 6.34. The smallest absolute Gasteiger partial charge is 0.354 e. The zero-order valence-corrected chi connectivity index (χ0v) is 13.0. The van der Waals surface area contributed by atoms with Crippen LogP contribution in [0.25, 0.3) is 10.9 Å². The van der Waals surface area contributed by atoms with Gasteiger partial charge in [0.1, 0.15) is 11.2 Å². The minimum Gasteiger partial charge on any atom is -0.477 e. The summed E-state index contributed by atoms with van der Waals surface area (Å²) >= 11 is 0. The maximum absolute atomic E-state index is 12.3. The van der Waals surface area contributed by atoms with Gasteiger partial charge in [-0.15, -0.1) is 0 Å². The molecule has 1 spiro atoms. The molecule has 4 rings (SSSR count). The molecule has 24 heavy (non-hydrogen) atoms. The number of carbonyl (C=O) groups is 3. The summed E-state index contributed by atoms with van der Waals surface area (Å²) in [4.78, 5) is 40.9. The van der Waals surface area contributed by atoms with E-state index < -0.39 is 11.5 Å². The second-order valence-electron chi connectivity index (χ2n) is 6.34. The number of carboxylic acid groups (broad SMARTS) is 1. The number of nitrogens with one attached hydrogen (secondary N) is 1. The van der Waals surface area contributed by atoms with Crippen molar-refractivity contribution in [2.75, 3.05) is 7.05 Å². The van der Waals surface area contributed by atoms with Crippen LogP contribution in [-0.2, 0) is 17.6 Å². The zero-order chi connectivity index (χ0) is 17.1. The van der Waals surface area contributed by atoms with Crippen molar-refractivity contribution in [1.82, 2.24) is 15.2 Å². The Morgan fingerprint density at radius 3 is 2.75 bits per heavy atom. The Labute approximate surface area is 137 Å². The fourth-order valence-electron chi connectivity index (χ4n) is 3.65. The molecule has 1 unspecified atom stereocenters. The Morgan fingerprint density at radius 1 is 1.29 bits per heavy atom.